The van der Waals surface area contributed by atoms with Crippen molar-refractivity contribution in [3.63, 3.8) is 0 Å². The van der Waals surface area contributed by atoms with Gasteiger partial charge in [0.25, 0.3) is 10.1 Å². The molecule has 0 amide bonds. The van der Waals surface area contributed by atoms with Gasteiger partial charge in [-0.3, -0.25) is 4.55 Å². The van der Waals surface area contributed by atoms with Crippen LogP contribution in [0.15, 0.2) is 35.2 Å². The number of rotatable bonds is 7. The molecule has 0 unspecified atom stereocenters. The Labute approximate surface area is 163 Å². The molecule has 0 fully saturated rings. The Morgan fingerprint density at radius 1 is 1.00 bits per heavy atom. The smallest absolute Gasteiger partial charge is 1.00 e. The summed E-state index contributed by atoms with van der Waals surface area (Å²) in [7, 11) is -4.15. The quantitative estimate of drug-likeness (QED) is 0.616. The van der Waals surface area contributed by atoms with Crippen LogP contribution in [0.3, 0.4) is 0 Å². The third-order valence-electron chi connectivity index (χ3n) is 4.08. The van der Waals surface area contributed by atoms with Gasteiger partial charge in [-0.05, 0) is 59.7 Å². The van der Waals surface area contributed by atoms with Crippen LogP contribution < -0.4 is 29.6 Å². The van der Waals surface area contributed by atoms with Crippen LogP contribution in [0.2, 0.25) is 0 Å². The Morgan fingerprint density at radius 2 is 1.65 bits per heavy atom. The van der Waals surface area contributed by atoms with E-state index < -0.39 is 10.1 Å². The van der Waals surface area contributed by atoms with E-state index in [4.69, 9.17) is 0 Å². The predicted octanol–water partition coefficient (Wildman–Crippen LogP) is 1.89. The maximum absolute atomic E-state index is 11.3. The number of benzene rings is 2. The molecule has 0 aliphatic heterocycles. The van der Waals surface area contributed by atoms with E-state index in [1.807, 2.05) is 12.1 Å². The molecule has 0 aromatic heterocycles. The van der Waals surface area contributed by atoms with E-state index in [2.05, 4.69) is 19.9 Å². The second kappa shape index (κ2) is 9.19. The molecule has 0 atom stereocenters. The minimum Gasteiger partial charge on any atom is -1.00 e. The molecule has 2 aromatic rings. The van der Waals surface area contributed by atoms with Crippen molar-refractivity contribution in [3.05, 3.63) is 41.5 Å². The van der Waals surface area contributed by atoms with Crippen molar-refractivity contribution in [1.29, 1.82) is 0 Å². The molecule has 0 radical (unpaired) electrons. The first kappa shape index (κ1) is 20.7. The van der Waals surface area contributed by atoms with Gasteiger partial charge in [0, 0.05) is 0 Å². The third-order valence-corrected chi connectivity index (χ3v) is 4.93. The molecule has 0 bridgehead atoms. The van der Waals surface area contributed by atoms with E-state index in [0.717, 1.165) is 49.3 Å². The summed E-state index contributed by atoms with van der Waals surface area (Å²) in [4.78, 5) is -0.0391. The van der Waals surface area contributed by atoms with Crippen molar-refractivity contribution in [2.45, 2.75) is 57.3 Å². The van der Waals surface area contributed by atoms with Crippen molar-refractivity contribution in [2.75, 3.05) is 0 Å². The van der Waals surface area contributed by atoms with Crippen LogP contribution in [-0.2, 0) is 23.0 Å². The van der Waals surface area contributed by atoms with Gasteiger partial charge in [0.15, 0.2) is 0 Å². The molecule has 0 saturated carbocycles. The van der Waals surface area contributed by atoms with Gasteiger partial charge in [-0.25, -0.2) is 0 Å². The van der Waals surface area contributed by atoms with E-state index in [9.17, 15) is 13.0 Å². The zero-order valence-corrected chi connectivity index (χ0v) is 17.1. The first-order chi connectivity index (χ1) is 10.5. The van der Waals surface area contributed by atoms with Crippen LogP contribution in [-0.4, -0.2) is 13.0 Å². The summed E-state index contributed by atoms with van der Waals surface area (Å²) in [6, 6.07) is 8.96. The summed E-state index contributed by atoms with van der Waals surface area (Å²) in [6.45, 7) is 4.36. The summed E-state index contributed by atoms with van der Waals surface area (Å²) in [6.07, 6.45) is 6.65. The van der Waals surface area contributed by atoms with Gasteiger partial charge in [-0.1, -0.05) is 44.9 Å². The number of unbranched alkanes of at least 4 members (excludes halogenated alkanes) is 2. The normalized spacial score (nSPS) is 11.4. The molecule has 0 saturated heterocycles. The standard InChI is InChI=1S/C18H24O3S.Na.H/c1-3-5-7-14-9-10-15-13-16(22(19,20)21)11-12-18(15)17(14)8-6-4-2;;/h9-13H,3-8H2,1-2H3,(H,19,20,21);;/q;+1;-1. The van der Waals surface area contributed by atoms with E-state index in [-0.39, 0.29) is 35.9 Å². The monoisotopic (exact) mass is 344 g/mol. The molecule has 122 valence electrons. The Kier molecular flexibility index (Phi) is 8.25. The topological polar surface area (TPSA) is 54.4 Å². The van der Waals surface area contributed by atoms with Crippen molar-refractivity contribution in [2.24, 2.45) is 0 Å². The fourth-order valence-corrected chi connectivity index (χ4v) is 3.34. The number of fused-ring (bicyclic) bond motifs is 1. The second-order valence-electron chi connectivity index (χ2n) is 5.77. The fourth-order valence-electron chi connectivity index (χ4n) is 2.83. The Hall–Kier alpha value is -0.390. The third kappa shape index (κ3) is 5.30. The molecule has 2 aromatic carbocycles. The van der Waals surface area contributed by atoms with Gasteiger partial charge in [0.2, 0.25) is 0 Å². The molecule has 3 nitrogen and oxygen atoms in total. The Morgan fingerprint density at radius 3 is 2.26 bits per heavy atom. The van der Waals surface area contributed by atoms with Crippen LogP contribution in [0.25, 0.3) is 10.8 Å². The van der Waals surface area contributed by atoms with E-state index in [1.165, 1.54) is 17.2 Å². The van der Waals surface area contributed by atoms with Crippen LogP contribution in [0.5, 0.6) is 0 Å². The van der Waals surface area contributed by atoms with Gasteiger partial charge in [-0.15, -0.1) is 0 Å². The summed E-state index contributed by atoms with van der Waals surface area (Å²) in [5.41, 5.74) is 2.69. The largest absolute Gasteiger partial charge is 1.00 e. The van der Waals surface area contributed by atoms with Crippen LogP contribution in [0.4, 0.5) is 0 Å². The number of hydrogen-bond acceptors (Lipinski definition) is 2. The van der Waals surface area contributed by atoms with Gasteiger partial charge in [-0.2, -0.15) is 8.42 Å². The van der Waals surface area contributed by atoms with Crippen molar-refractivity contribution < 1.29 is 44.0 Å². The summed E-state index contributed by atoms with van der Waals surface area (Å²) in [5.74, 6) is 0. The summed E-state index contributed by atoms with van der Waals surface area (Å²) < 4.78 is 31.8. The van der Waals surface area contributed by atoms with Gasteiger partial charge in [0.05, 0.1) is 4.90 Å². The fraction of sp³-hybridized carbons (Fsp3) is 0.444. The first-order valence-corrected chi connectivity index (χ1v) is 9.43. The van der Waals surface area contributed by atoms with E-state index in [0.29, 0.717) is 0 Å². The maximum atomic E-state index is 11.3. The minimum absolute atomic E-state index is 0. The Balaban J connectivity index is 0.00000264. The average Bonchev–Trinajstić information content (AvgIpc) is 2.49. The molecule has 0 heterocycles. The molecule has 0 aliphatic carbocycles. The zero-order valence-electron chi connectivity index (χ0n) is 15.3. The average molecular weight is 344 g/mol. The van der Waals surface area contributed by atoms with Crippen molar-refractivity contribution >= 4 is 20.9 Å². The minimum atomic E-state index is -4.15. The SMILES string of the molecule is CCCCc1ccc2cc(S(=O)(=O)O)ccc2c1CCCC.[H-].[Na+]. The molecular formula is C18H25NaO3S. The van der Waals surface area contributed by atoms with E-state index in [1.54, 1.807) is 6.07 Å². The Bertz CT molecular complexity index is 760. The van der Waals surface area contributed by atoms with Gasteiger partial charge in [0.1, 0.15) is 0 Å². The summed E-state index contributed by atoms with van der Waals surface area (Å²) in [5, 5.41) is 1.98. The van der Waals surface area contributed by atoms with E-state index >= 15 is 0 Å². The van der Waals surface area contributed by atoms with Crippen molar-refractivity contribution in [3.8, 4) is 0 Å². The second-order valence-corrected chi connectivity index (χ2v) is 7.19. The first-order valence-electron chi connectivity index (χ1n) is 7.99. The molecule has 23 heavy (non-hydrogen) atoms. The molecule has 1 N–H and O–H groups in total. The predicted molar refractivity (Wildman–Crippen MR) is 92.1 cm³/mol. The van der Waals surface area contributed by atoms with Gasteiger partial charge >= 0.3 is 29.6 Å². The number of hydrogen-bond donors (Lipinski definition) is 1. The number of aryl methyl sites for hydroxylation is 2. The maximum Gasteiger partial charge on any atom is 1.00 e. The molecular weight excluding hydrogens is 319 g/mol. The van der Waals surface area contributed by atoms with Crippen LogP contribution in [0, 0.1) is 0 Å². The van der Waals surface area contributed by atoms with Gasteiger partial charge < -0.3 is 1.43 Å². The zero-order chi connectivity index (χ0) is 16.2. The molecule has 2 rings (SSSR count). The van der Waals surface area contributed by atoms with Crippen molar-refractivity contribution in [1.82, 2.24) is 0 Å². The van der Waals surface area contributed by atoms with Crippen LogP contribution >= 0.6 is 0 Å². The van der Waals surface area contributed by atoms with Crippen LogP contribution in [0.1, 0.15) is 52.1 Å². The summed E-state index contributed by atoms with van der Waals surface area (Å²) >= 11 is 0. The molecule has 0 aliphatic rings. The molecule has 5 heteroatoms. The molecule has 0 spiro atoms.